The van der Waals surface area contributed by atoms with E-state index in [1.807, 2.05) is 111 Å². The lowest BCUT2D eigenvalue weighted by Crippen LogP contribution is -2.90. The molecule has 0 N–H and O–H groups in total. The van der Waals surface area contributed by atoms with E-state index in [4.69, 9.17) is 56.8 Å². The van der Waals surface area contributed by atoms with Crippen LogP contribution in [-0.4, -0.2) is 109 Å². The van der Waals surface area contributed by atoms with E-state index in [0.29, 0.717) is 8.96 Å². The normalized spacial score (nSPS) is 32.5. The maximum absolute atomic E-state index is 7.49. The predicted octanol–water partition coefficient (Wildman–Crippen LogP) is 11.3. The van der Waals surface area contributed by atoms with E-state index in [1.165, 1.54) is 0 Å². The van der Waals surface area contributed by atoms with Crippen LogP contribution in [0.1, 0.15) is 111 Å². The van der Waals surface area contributed by atoms with Crippen LogP contribution in [0, 0.1) is 5.41 Å². The molecule has 0 saturated carbocycles. The van der Waals surface area contributed by atoms with Gasteiger partial charge < -0.3 is 56.8 Å². The second-order valence-electron chi connectivity index (χ2n) is 14.3. The van der Waals surface area contributed by atoms with Gasteiger partial charge in [0, 0.05) is 71.5 Å². The summed E-state index contributed by atoms with van der Waals surface area (Å²) < 4.78 is 82.6. The molecule has 16 heteroatoms. The summed E-state index contributed by atoms with van der Waals surface area (Å²) in [7, 11) is 0. The Labute approximate surface area is 388 Å². The Hall–Kier alpha value is 0.0800. The molecule has 6 atom stereocenters. The molecule has 2 rings (SSSR count). The van der Waals surface area contributed by atoms with Gasteiger partial charge in [-0.3, -0.25) is 0 Å². The zero-order chi connectivity index (χ0) is 45.2. The average molecular weight is 1100 g/mol. The minimum Gasteiger partial charge on any atom is -0.465 e. The molecule has 0 amide bonds. The number of ether oxygens (including phenoxy) is 12. The van der Waals surface area contributed by atoms with Crippen LogP contribution in [-0.2, 0) is 56.8 Å². The van der Waals surface area contributed by atoms with Gasteiger partial charge in [-0.2, -0.15) is 0 Å². The molecule has 0 radical (unpaired) electrons. The Bertz CT molecular complexity index is 1370. The number of alkyl halides is 2. The van der Waals surface area contributed by atoms with Crippen molar-refractivity contribution < 1.29 is 56.8 Å². The second kappa shape index (κ2) is 22.3. The highest BCUT2D eigenvalue weighted by molar-refractivity contribution is 9.12. The first-order valence-electron chi connectivity index (χ1n) is 21.0. The summed E-state index contributed by atoms with van der Waals surface area (Å²) in [5, 5.41) is 0. The van der Waals surface area contributed by atoms with Crippen molar-refractivity contribution in [2.75, 3.05) is 66.1 Å². The standard InChI is InChI=1S/C43H72Br4O12/c1-17-29-48-33-31(44)36(15,50-19-3)40(46,54-23-7)42(56-25-9,57-26-10)38(33,52-21-5)35(13,14)39(53-22-6)34(49-30-18-2)32(45)37(16,51-20-4)41(47,55-24-8)43(39,58-27-11)59-28-12/h17-18,29-30H,19-28H2,1-16H3. The van der Waals surface area contributed by atoms with Gasteiger partial charge in [-0.05, 0) is 161 Å². The molecule has 0 aromatic heterocycles. The molecule has 0 fully saturated rings. The van der Waals surface area contributed by atoms with Crippen molar-refractivity contribution in [1.29, 1.82) is 0 Å². The van der Waals surface area contributed by atoms with Crippen molar-refractivity contribution in [3.8, 4) is 0 Å². The molecule has 0 saturated heterocycles. The van der Waals surface area contributed by atoms with Gasteiger partial charge in [0.2, 0.25) is 20.6 Å². The van der Waals surface area contributed by atoms with Gasteiger partial charge in [0.25, 0.3) is 0 Å². The van der Waals surface area contributed by atoms with Crippen LogP contribution in [0.15, 0.2) is 45.2 Å². The highest BCUT2D eigenvalue weighted by Crippen LogP contribution is 2.74. The zero-order valence-electron chi connectivity index (χ0n) is 38.3. The van der Waals surface area contributed by atoms with Crippen molar-refractivity contribution in [2.45, 2.75) is 154 Å². The molecular weight excluding hydrogens is 1030 g/mol. The van der Waals surface area contributed by atoms with Crippen molar-refractivity contribution in [1.82, 2.24) is 0 Å². The summed E-state index contributed by atoms with van der Waals surface area (Å²) >= 11 is 16.4. The molecule has 6 unspecified atom stereocenters. The van der Waals surface area contributed by atoms with Crippen LogP contribution < -0.4 is 0 Å². The summed E-state index contributed by atoms with van der Waals surface area (Å²) in [6.45, 7) is 32.0. The summed E-state index contributed by atoms with van der Waals surface area (Å²) in [5.41, 5.74) is -8.33. The lowest BCUT2D eigenvalue weighted by Gasteiger charge is -2.72. The SMILES string of the molecule is CC=COC1=C(Br)C(C)(OCC)C(Br)(OCC)C(OCC)(OCC)C1(OCC)C(C)(C)C1(OCC)C(OC=CC)=C(Br)C(C)(OCC)C(Br)(OCC)C1(OCC)OCC. The van der Waals surface area contributed by atoms with Crippen LogP contribution in [0.4, 0.5) is 0 Å². The quantitative estimate of drug-likeness (QED) is 0.0467. The predicted molar refractivity (Wildman–Crippen MR) is 245 cm³/mol. The van der Waals surface area contributed by atoms with Crippen LogP contribution in [0.2, 0.25) is 0 Å². The van der Waals surface area contributed by atoms with E-state index in [0.717, 1.165) is 0 Å². The Balaban J connectivity index is 3.95. The lowest BCUT2D eigenvalue weighted by molar-refractivity contribution is -0.459. The molecule has 0 aromatic rings. The zero-order valence-corrected chi connectivity index (χ0v) is 44.6. The van der Waals surface area contributed by atoms with E-state index < -0.39 is 48.4 Å². The highest BCUT2D eigenvalue weighted by atomic mass is 79.9. The van der Waals surface area contributed by atoms with Crippen molar-refractivity contribution >= 4 is 63.7 Å². The van der Waals surface area contributed by atoms with Gasteiger partial charge in [0.15, 0.2) is 22.7 Å². The van der Waals surface area contributed by atoms with E-state index >= 15 is 0 Å². The molecule has 0 spiro atoms. The van der Waals surface area contributed by atoms with E-state index in [9.17, 15) is 0 Å². The van der Waals surface area contributed by atoms with Crippen molar-refractivity contribution in [2.24, 2.45) is 5.41 Å². The molecule has 0 aromatic carbocycles. The van der Waals surface area contributed by atoms with Crippen molar-refractivity contribution in [3.63, 3.8) is 0 Å². The Kier molecular flexibility index (Phi) is 20.9. The lowest BCUT2D eigenvalue weighted by atomic mass is 9.50. The van der Waals surface area contributed by atoms with E-state index in [-0.39, 0.29) is 77.6 Å². The first-order valence-corrected chi connectivity index (χ1v) is 24.1. The minimum absolute atomic E-state index is 0.102. The molecule has 2 aliphatic carbocycles. The third kappa shape index (κ3) is 7.90. The van der Waals surface area contributed by atoms with Crippen LogP contribution in [0.3, 0.4) is 0 Å². The molecule has 0 heterocycles. The van der Waals surface area contributed by atoms with Gasteiger partial charge in [0.1, 0.15) is 11.2 Å². The Morgan fingerprint density at radius 2 is 0.695 bits per heavy atom. The molecule has 344 valence electrons. The number of allylic oxidation sites excluding steroid dienone is 2. The first kappa shape index (κ1) is 55.2. The average Bonchev–Trinajstić information content (AvgIpc) is 3.18. The molecule has 12 nitrogen and oxygen atoms in total. The van der Waals surface area contributed by atoms with E-state index in [2.05, 4.69) is 63.7 Å². The molecule has 2 aliphatic rings. The van der Waals surface area contributed by atoms with Gasteiger partial charge in [0.05, 0.1) is 21.5 Å². The first-order chi connectivity index (χ1) is 27.8. The Morgan fingerprint density at radius 3 is 0.915 bits per heavy atom. The maximum atomic E-state index is 7.49. The van der Waals surface area contributed by atoms with Crippen molar-refractivity contribution in [3.05, 3.63) is 45.2 Å². The van der Waals surface area contributed by atoms with Gasteiger partial charge in [-0.25, -0.2) is 0 Å². The Morgan fingerprint density at radius 1 is 0.441 bits per heavy atom. The summed E-state index contributed by atoms with van der Waals surface area (Å²) in [4.78, 5) is 0. The van der Waals surface area contributed by atoms with Crippen LogP contribution >= 0.6 is 63.7 Å². The topological polar surface area (TPSA) is 111 Å². The fourth-order valence-electron chi connectivity index (χ4n) is 9.13. The monoisotopic (exact) mass is 1100 g/mol. The fourth-order valence-corrected chi connectivity index (χ4v) is 13.3. The molecule has 59 heavy (non-hydrogen) atoms. The maximum Gasteiger partial charge on any atom is 0.249 e. The minimum atomic E-state index is -2.01. The number of rotatable bonds is 26. The second-order valence-corrected chi connectivity index (χ2v) is 18.1. The summed E-state index contributed by atoms with van der Waals surface area (Å²) in [6, 6.07) is 0. The van der Waals surface area contributed by atoms with Gasteiger partial charge >= 0.3 is 0 Å². The van der Waals surface area contributed by atoms with Crippen LogP contribution in [0.25, 0.3) is 0 Å². The number of hydrogen-bond acceptors (Lipinski definition) is 12. The molecule has 0 aliphatic heterocycles. The third-order valence-corrected chi connectivity index (χ3v) is 16.2. The molecule has 0 bridgehead atoms. The summed E-state index contributed by atoms with van der Waals surface area (Å²) in [5.74, 6) is -3.53. The smallest absolute Gasteiger partial charge is 0.249 e. The fraction of sp³-hybridized carbons (Fsp3) is 0.814. The highest BCUT2D eigenvalue weighted by Gasteiger charge is 2.91. The van der Waals surface area contributed by atoms with Crippen LogP contribution in [0.5, 0.6) is 0 Å². The van der Waals surface area contributed by atoms with Gasteiger partial charge in [-0.1, -0.05) is 26.0 Å². The molecular formula is C43H72Br4O12. The third-order valence-electron chi connectivity index (χ3n) is 10.9. The van der Waals surface area contributed by atoms with E-state index in [1.54, 1.807) is 24.7 Å². The largest absolute Gasteiger partial charge is 0.465 e. The number of halogens is 4. The summed E-state index contributed by atoms with van der Waals surface area (Å²) in [6.07, 6.45) is 6.72. The number of hydrogen-bond donors (Lipinski definition) is 0. The van der Waals surface area contributed by atoms with Gasteiger partial charge in [-0.15, -0.1) is 0 Å².